The maximum atomic E-state index is 9.84. The molecule has 0 saturated carbocycles. The fourth-order valence-corrected chi connectivity index (χ4v) is 4.16. The van der Waals surface area contributed by atoms with Crippen LogP contribution < -0.4 is 5.46 Å². The van der Waals surface area contributed by atoms with E-state index >= 15 is 0 Å². The van der Waals surface area contributed by atoms with E-state index in [9.17, 15) is 10.0 Å². The topological polar surface area (TPSA) is 84.1 Å². The summed E-state index contributed by atoms with van der Waals surface area (Å²) in [5.41, 5.74) is 4.59. The zero-order chi connectivity index (χ0) is 24.4. The summed E-state index contributed by atoms with van der Waals surface area (Å²) in [4.78, 5) is 14.5. The molecule has 0 amide bonds. The lowest BCUT2D eigenvalue weighted by Gasteiger charge is -2.12. The van der Waals surface area contributed by atoms with E-state index in [4.69, 9.17) is 15.0 Å². The minimum absolute atomic E-state index is 0.375. The van der Waals surface area contributed by atoms with Crippen LogP contribution in [0.4, 0.5) is 0 Å². The average Bonchev–Trinajstić information content (AvgIpc) is 3.21. The molecule has 0 aliphatic carbocycles. The fourth-order valence-electron chi connectivity index (χ4n) is 4.16. The first-order chi connectivity index (χ1) is 17.1. The molecule has 2 N–H and O–H groups in total. The smallest absolute Gasteiger partial charge is 0.423 e. The Morgan fingerprint density at radius 3 is 1.94 bits per heavy atom. The molecule has 6 nitrogen and oxygen atoms in total. The second-order valence-corrected chi connectivity index (χ2v) is 8.00. The Labute approximate surface area is 203 Å². The molecule has 0 unspecified atom stereocenters. The van der Waals surface area contributed by atoms with Crippen molar-refractivity contribution in [2.24, 2.45) is 0 Å². The number of benzene rings is 3. The summed E-state index contributed by atoms with van der Waals surface area (Å²) in [7, 11) is -1.60. The molecule has 7 heteroatoms. The van der Waals surface area contributed by atoms with Crippen molar-refractivity contribution in [2.75, 3.05) is 0 Å². The Hall–Kier alpha value is -4.33. The maximum Gasteiger partial charge on any atom is 0.488 e. The molecule has 0 spiro atoms. The van der Waals surface area contributed by atoms with Crippen LogP contribution in [-0.4, -0.2) is 36.7 Å². The van der Waals surface area contributed by atoms with Gasteiger partial charge in [0.05, 0.1) is 11.2 Å². The largest absolute Gasteiger partial charge is 0.488 e. The Kier molecular flexibility index (Phi) is 6.10. The highest BCUT2D eigenvalue weighted by Crippen LogP contribution is 2.31. The first-order valence-corrected chi connectivity index (χ1v) is 11.3. The molecule has 0 aliphatic rings. The monoisotopic (exact) mass is 458 g/mol. The van der Waals surface area contributed by atoms with Crippen molar-refractivity contribution >= 4 is 35.6 Å². The molecule has 2 heterocycles. The molecular weight excluding hydrogens is 435 g/mol. The van der Waals surface area contributed by atoms with Crippen molar-refractivity contribution in [3.8, 4) is 28.7 Å². The molecule has 5 rings (SSSR count). The first-order valence-electron chi connectivity index (χ1n) is 11.3. The van der Waals surface area contributed by atoms with Crippen molar-refractivity contribution in [1.82, 2.24) is 19.5 Å². The van der Waals surface area contributed by atoms with E-state index in [1.165, 1.54) is 0 Å². The van der Waals surface area contributed by atoms with Gasteiger partial charge in [-0.3, -0.25) is 4.57 Å². The van der Waals surface area contributed by atoms with Crippen LogP contribution in [0.25, 0.3) is 51.8 Å². The summed E-state index contributed by atoms with van der Waals surface area (Å²) in [6.07, 6.45) is 5.71. The van der Waals surface area contributed by atoms with Crippen LogP contribution in [0, 0.1) is 0 Å². The molecule has 0 saturated heterocycles. The van der Waals surface area contributed by atoms with Gasteiger partial charge in [0, 0.05) is 22.1 Å². The summed E-state index contributed by atoms with van der Waals surface area (Å²) in [5.74, 6) is 1.51. The van der Waals surface area contributed by atoms with Gasteiger partial charge >= 0.3 is 7.12 Å². The Morgan fingerprint density at radius 1 is 0.829 bits per heavy atom. The van der Waals surface area contributed by atoms with E-state index in [1.807, 2.05) is 90.4 Å². The summed E-state index contributed by atoms with van der Waals surface area (Å²) in [5, 5.41) is 20.6. The van der Waals surface area contributed by atoms with Crippen LogP contribution in [-0.2, 0) is 0 Å². The van der Waals surface area contributed by atoms with Crippen LogP contribution in [0.15, 0.2) is 91.5 Å². The zero-order valence-corrected chi connectivity index (χ0v) is 19.2. The van der Waals surface area contributed by atoms with E-state index in [-0.39, 0.29) is 0 Å². The summed E-state index contributed by atoms with van der Waals surface area (Å²) in [6.45, 7) is 5.96. The zero-order valence-electron chi connectivity index (χ0n) is 19.2. The number of hydrogen-bond donors (Lipinski definition) is 2. The second kappa shape index (κ2) is 9.50. The standard InChI is InChI=1S/C28H23BN4O2/c1-3-11-24-22(4-2)23-17-16-21(29(34)35)18-25(23)33(24)28-31-26(19-12-7-5-8-13-19)30-27(32-28)20-14-9-6-10-15-20/h3-18,34-35H,2H2,1H3/b11-3-. The number of rotatable bonds is 6. The van der Waals surface area contributed by atoms with Crippen molar-refractivity contribution < 1.29 is 10.0 Å². The molecular formula is C28H23BN4O2. The molecule has 0 radical (unpaired) electrons. The highest BCUT2D eigenvalue weighted by atomic mass is 16.4. The Balaban J connectivity index is 1.87. The van der Waals surface area contributed by atoms with Gasteiger partial charge in [-0.15, -0.1) is 0 Å². The van der Waals surface area contributed by atoms with Gasteiger partial charge in [0.25, 0.3) is 0 Å². The van der Waals surface area contributed by atoms with Crippen molar-refractivity contribution in [2.45, 2.75) is 6.92 Å². The Morgan fingerprint density at radius 2 is 1.43 bits per heavy atom. The predicted octanol–water partition coefficient (Wildman–Crippen LogP) is 4.51. The van der Waals surface area contributed by atoms with Crippen LogP contribution in [0.2, 0.25) is 0 Å². The van der Waals surface area contributed by atoms with Gasteiger partial charge in [-0.05, 0) is 24.5 Å². The summed E-state index contributed by atoms with van der Waals surface area (Å²) < 4.78 is 1.92. The fraction of sp³-hybridized carbons (Fsp3) is 0.0357. The molecule has 2 aromatic heterocycles. The molecule has 35 heavy (non-hydrogen) atoms. The van der Waals surface area contributed by atoms with Gasteiger partial charge in [0.2, 0.25) is 5.95 Å². The molecule has 0 atom stereocenters. The van der Waals surface area contributed by atoms with E-state index in [2.05, 4.69) is 6.58 Å². The Bertz CT molecular complexity index is 1490. The average molecular weight is 458 g/mol. The number of nitrogens with zero attached hydrogens (tertiary/aromatic N) is 4. The lowest BCUT2D eigenvalue weighted by Crippen LogP contribution is -2.29. The molecule has 5 aromatic rings. The SMILES string of the molecule is C=Cc1c(/C=C\C)n(-c2nc(-c3ccccc3)nc(-c3ccccc3)n2)c2cc(B(O)O)ccc12. The number of hydrogen-bond acceptors (Lipinski definition) is 5. The number of allylic oxidation sites excluding steroid dienone is 1. The highest BCUT2D eigenvalue weighted by molar-refractivity contribution is 6.58. The van der Waals surface area contributed by atoms with Crippen LogP contribution in [0.1, 0.15) is 18.2 Å². The van der Waals surface area contributed by atoms with E-state index in [0.717, 1.165) is 33.3 Å². The van der Waals surface area contributed by atoms with Gasteiger partial charge in [-0.2, -0.15) is 9.97 Å². The quantitative estimate of drug-likeness (QED) is 0.366. The molecule has 0 bridgehead atoms. The minimum atomic E-state index is -1.60. The minimum Gasteiger partial charge on any atom is -0.423 e. The normalized spacial score (nSPS) is 11.3. The van der Waals surface area contributed by atoms with Gasteiger partial charge < -0.3 is 10.0 Å². The van der Waals surface area contributed by atoms with Crippen molar-refractivity contribution in [3.63, 3.8) is 0 Å². The predicted molar refractivity (Wildman–Crippen MR) is 142 cm³/mol. The molecule has 170 valence electrons. The van der Waals surface area contributed by atoms with Crippen LogP contribution >= 0.6 is 0 Å². The third-order valence-electron chi connectivity index (χ3n) is 5.78. The highest BCUT2D eigenvalue weighted by Gasteiger charge is 2.21. The number of fused-ring (bicyclic) bond motifs is 1. The lowest BCUT2D eigenvalue weighted by atomic mass is 9.80. The summed E-state index contributed by atoms with van der Waals surface area (Å²) in [6, 6.07) is 24.8. The van der Waals surface area contributed by atoms with Crippen molar-refractivity contribution in [1.29, 1.82) is 0 Å². The lowest BCUT2D eigenvalue weighted by molar-refractivity contribution is 0.426. The van der Waals surface area contributed by atoms with Gasteiger partial charge in [0.15, 0.2) is 11.6 Å². The van der Waals surface area contributed by atoms with Gasteiger partial charge in [-0.25, -0.2) is 4.98 Å². The van der Waals surface area contributed by atoms with Crippen LogP contribution in [0.5, 0.6) is 0 Å². The maximum absolute atomic E-state index is 9.84. The van der Waals surface area contributed by atoms with E-state index in [1.54, 1.807) is 18.2 Å². The third kappa shape index (κ3) is 4.19. The molecule has 0 aliphatic heterocycles. The third-order valence-corrected chi connectivity index (χ3v) is 5.78. The van der Waals surface area contributed by atoms with E-state index < -0.39 is 7.12 Å². The molecule has 0 fully saturated rings. The molecule has 3 aromatic carbocycles. The van der Waals surface area contributed by atoms with Crippen LogP contribution in [0.3, 0.4) is 0 Å². The number of aromatic nitrogens is 4. The van der Waals surface area contributed by atoms with Crippen molar-refractivity contribution in [3.05, 3.63) is 103 Å². The second-order valence-electron chi connectivity index (χ2n) is 8.00. The first kappa shape index (κ1) is 22.5. The summed E-state index contributed by atoms with van der Waals surface area (Å²) >= 11 is 0. The van der Waals surface area contributed by atoms with Gasteiger partial charge in [-0.1, -0.05) is 91.5 Å². The van der Waals surface area contributed by atoms with Gasteiger partial charge in [0.1, 0.15) is 0 Å². The van der Waals surface area contributed by atoms with E-state index in [0.29, 0.717) is 23.1 Å².